The molecule has 0 saturated heterocycles. The van der Waals surface area contributed by atoms with Gasteiger partial charge in [-0.05, 0) is 109 Å². The highest BCUT2D eigenvalue weighted by Crippen LogP contribution is 2.75. The summed E-state index contributed by atoms with van der Waals surface area (Å²) in [4.78, 5) is 18.8. The van der Waals surface area contributed by atoms with E-state index < -0.39 is 0 Å². The van der Waals surface area contributed by atoms with Crippen LogP contribution in [0.3, 0.4) is 0 Å². The molecule has 0 aromatic carbocycles. The Kier molecular flexibility index (Phi) is 5.99. The standard InChI is InChI=1S/C32H54N2O2/c1-27(2)23-12-15-32(7)24(30(23,5)14-13-25(27)33)11-10-21-22-20-29(4,26(35)34(8)36-9)17-16-28(22,3)18-19-31(21,32)6/h10,22-25H,11-20,33H2,1-9H3/t22-,23?,24+,25-,28+,29-,30-,31+,32+/m0/s1. The van der Waals surface area contributed by atoms with Crippen molar-refractivity contribution in [3.8, 4) is 0 Å². The van der Waals surface area contributed by atoms with Gasteiger partial charge >= 0.3 is 0 Å². The van der Waals surface area contributed by atoms with Crippen molar-refractivity contribution < 1.29 is 9.63 Å². The van der Waals surface area contributed by atoms with Crippen molar-refractivity contribution in [2.75, 3.05) is 14.2 Å². The molecule has 5 aliphatic rings. The predicted molar refractivity (Wildman–Crippen MR) is 147 cm³/mol. The largest absolute Gasteiger partial charge is 0.327 e. The third-order valence-corrected chi connectivity index (χ3v) is 14.0. The van der Waals surface area contributed by atoms with Crippen LogP contribution in [-0.4, -0.2) is 31.2 Å². The van der Waals surface area contributed by atoms with Gasteiger partial charge in [0.25, 0.3) is 5.91 Å². The minimum atomic E-state index is -0.348. The molecule has 0 heterocycles. The summed E-state index contributed by atoms with van der Waals surface area (Å²) in [5, 5.41) is 1.47. The first-order chi connectivity index (χ1) is 16.6. The molecule has 0 radical (unpaired) electrons. The van der Waals surface area contributed by atoms with Crippen LogP contribution in [0.4, 0.5) is 0 Å². The highest BCUT2D eigenvalue weighted by atomic mass is 16.7. The quantitative estimate of drug-likeness (QED) is 0.325. The Labute approximate surface area is 221 Å². The number of carbonyl (C=O) groups is 1. The van der Waals surface area contributed by atoms with E-state index >= 15 is 0 Å². The van der Waals surface area contributed by atoms with E-state index in [-0.39, 0.29) is 22.2 Å². The number of hydrogen-bond donors (Lipinski definition) is 1. The second-order valence-electron chi connectivity index (χ2n) is 15.7. The average molecular weight is 499 g/mol. The molecule has 4 fully saturated rings. The number of rotatable bonds is 2. The summed E-state index contributed by atoms with van der Waals surface area (Å²) in [5.41, 5.74) is 9.49. The number of amides is 1. The maximum Gasteiger partial charge on any atom is 0.251 e. The maximum atomic E-state index is 13.4. The Hall–Kier alpha value is -0.870. The van der Waals surface area contributed by atoms with E-state index in [4.69, 9.17) is 10.6 Å². The van der Waals surface area contributed by atoms with Gasteiger partial charge in [0.2, 0.25) is 0 Å². The fraction of sp³-hybridized carbons (Fsp3) is 0.906. The average Bonchev–Trinajstić information content (AvgIpc) is 2.82. The van der Waals surface area contributed by atoms with Crippen molar-refractivity contribution in [3.05, 3.63) is 11.6 Å². The highest BCUT2D eigenvalue weighted by Gasteiger charge is 2.68. The molecule has 9 atom stereocenters. The van der Waals surface area contributed by atoms with Crippen molar-refractivity contribution in [1.82, 2.24) is 5.06 Å². The highest BCUT2D eigenvalue weighted by molar-refractivity contribution is 5.81. The van der Waals surface area contributed by atoms with Crippen molar-refractivity contribution in [2.45, 2.75) is 119 Å². The molecule has 0 aromatic rings. The van der Waals surface area contributed by atoms with Gasteiger partial charge in [0.15, 0.2) is 0 Å². The van der Waals surface area contributed by atoms with E-state index in [1.54, 1.807) is 19.7 Å². The van der Waals surface area contributed by atoms with Gasteiger partial charge < -0.3 is 5.73 Å². The molecular weight excluding hydrogens is 444 g/mol. The molecule has 0 bridgehead atoms. The fourth-order valence-electron chi connectivity index (χ4n) is 11.0. The van der Waals surface area contributed by atoms with Crippen LogP contribution in [0.25, 0.3) is 0 Å². The van der Waals surface area contributed by atoms with Crippen molar-refractivity contribution in [1.29, 1.82) is 0 Å². The first-order valence-electron chi connectivity index (χ1n) is 14.9. The fourth-order valence-corrected chi connectivity index (χ4v) is 11.0. The summed E-state index contributed by atoms with van der Waals surface area (Å²) in [6.07, 6.45) is 14.6. The molecular formula is C32H54N2O2. The second kappa shape index (κ2) is 8.07. The molecule has 0 spiro atoms. The third kappa shape index (κ3) is 3.28. The lowest BCUT2D eigenvalue weighted by atomic mass is 9.33. The van der Waals surface area contributed by atoms with Crippen LogP contribution in [-0.2, 0) is 9.63 Å². The lowest BCUT2D eigenvalue weighted by molar-refractivity contribution is -0.191. The zero-order valence-electron chi connectivity index (χ0n) is 24.8. The number of hydrogen-bond acceptors (Lipinski definition) is 3. The molecule has 1 amide bonds. The van der Waals surface area contributed by atoms with Crippen LogP contribution in [0.2, 0.25) is 0 Å². The Morgan fingerprint density at radius 2 is 1.61 bits per heavy atom. The van der Waals surface area contributed by atoms with Gasteiger partial charge in [0.1, 0.15) is 0 Å². The zero-order chi connectivity index (χ0) is 26.5. The lowest BCUT2D eigenvalue weighted by Crippen LogP contribution is -2.65. The second-order valence-corrected chi connectivity index (χ2v) is 15.7. The summed E-state index contributed by atoms with van der Waals surface area (Å²) >= 11 is 0. The smallest absolute Gasteiger partial charge is 0.251 e. The number of carbonyl (C=O) groups excluding carboxylic acids is 1. The minimum Gasteiger partial charge on any atom is -0.327 e. The normalized spacial score (nSPS) is 51.7. The molecule has 0 aromatic heterocycles. The molecule has 5 aliphatic carbocycles. The minimum absolute atomic E-state index is 0.147. The Morgan fingerprint density at radius 1 is 0.944 bits per heavy atom. The summed E-state index contributed by atoms with van der Waals surface area (Å²) in [7, 11) is 3.38. The lowest BCUT2D eigenvalue weighted by Gasteiger charge is -2.71. The van der Waals surface area contributed by atoms with Gasteiger partial charge in [0.05, 0.1) is 7.11 Å². The van der Waals surface area contributed by atoms with E-state index in [2.05, 4.69) is 54.5 Å². The Bertz CT molecular complexity index is 958. The first-order valence-corrected chi connectivity index (χ1v) is 14.9. The summed E-state index contributed by atoms with van der Waals surface area (Å²) in [6.45, 7) is 17.6. The number of nitrogens with zero attached hydrogens (tertiary/aromatic N) is 1. The van der Waals surface area contributed by atoms with Crippen LogP contribution < -0.4 is 5.73 Å². The van der Waals surface area contributed by atoms with Gasteiger partial charge in [-0.2, -0.15) is 0 Å². The number of allylic oxidation sites excluding steroid dienone is 2. The van der Waals surface area contributed by atoms with Gasteiger partial charge in [-0.25, -0.2) is 5.06 Å². The summed E-state index contributed by atoms with van der Waals surface area (Å²) in [6, 6.07) is 0.322. The van der Waals surface area contributed by atoms with Gasteiger partial charge in [-0.3, -0.25) is 9.63 Å². The number of nitrogens with two attached hydrogens (primary N) is 1. The topological polar surface area (TPSA) is 55.6 Å². The molecule has 0 aliphatic heterocycles. The monoisotopic (exact) mass is 498 g/mol. The molecule has 2 N–H and O–H groups in total. The molecule has 5 rings (SSSR count). The van der Waals surface area contributed by atoms with Gasteiger partial charge in [0, 0.05) is 18.5 Å². The zero-order valence-corrected chi connectivity index (χ0v) is 24.8. The van der Waals surface area contributed by atoms with Crippen LogP contribution in [0, 0.1) is 50.2 Å². The van der Waals surface area contributed by atoms with E-state index in [0.717, 1.165) is 25.7 Å². The molecule has 4 heteroatoms. The van der Waals surface area contributed by atoms with E-state index in [1.807, 2.05) is 0 Å². The van der Waals surface area contributed by atoms with E-state index in [9.17, 15) is 4.79 Å². The maximum absolute atomic E-state index is 13.4. The SMILES string of the molecule is CON(C)C(=O)[C@@]1(C)CC[C@]2(C)CC[C@]3(C)C(=CC[C@@H]4[C@@]5(C)CC[C@H](N)C(C)(C)C5CC[C@]43C)[C@@H]2C1. The first kappa shape index (κ1) is 26.7. The Morgan fingerprint density at radius 3 is 2.28 bits per heavy atom. The number of fused-ring (bicyclic) bond motifs is 7. The summed E-state index contributed by atoms with van der Waals surface area (Å²) in [5.74, 6) is 2.06. The van der Waals surface area contributed by atoms with E-state index in [0.29, 0.717) is 40.0 Å². The molecule has 204 valence electrons. The van der Waals surface area contributed by atoms with Gasteiger partial charge in [-0.1, -0.05) is 60.1 Å². The van der Waals surface area contributed by atoms with Crippen LogP contribution in [0.5, 0.6) is 0 Å². The van der Waals surface area contributed by atoms with Crippen molar-refractivity contribution in [2.24, 2.45) is 56.0 Å². The van der Waals surface area contributed by atoms with Crippen molar-refractivity contribution in [3.63, 3.8) is 0 Å². The van der Waals surface area contributed by atoms with Crippen molar-refractivity contribution >= 4 is 5.91 Å². The molecule has 4 nitrogen and oxygen atoms in total. The van der Waals surface area contributed by atoms with Gasteiger partial charge in [-0.15, -0.1) is 0 Å². The van der Waals surface area contributed by atoms with Crippen LogP contribution in [0.1, 0.15) is 113 Å². The third-order valence-electron chi connectivity index (χ3n) is 14.0. The predicted octanol–water partition coefficient (Wildman–Crippen LogP) is 7.14. The summed E-state index contributed by atoms with van der Waals surface area (Å²) < 4.78 is 0. The van der Waals surface area contributed by atoms with Crippen LogP contribution >= 0.6 is 0 Å². The molecule has 4 saturated carbocycles. The number of hydroxylamine groups is 2. The Balaban J connectivity index is 1.54. The van der Waals surface area contributed by atoms with E-state index in [1.165, 1.54) is 43.6 Å². The molecule has 1 unspecified atom stereocenters. The van der Waals surface area contributed by atoms with Crippen LogP contribution in [0.15, 0.2) is 11.6 Å². The molecule has 36 heavy (non-hydrogen) atoms.